The van der Waals surface area contributed by atoms with Gasteiger partial charge in [0.25, 0.3) is 0 Å². The Bertz CT molecular complexity index is 193. The summed E-state index contributed by atoms with van der Waals surface area (Å²) in [6.07, 6.45) is 0.502. The summed E-state index contributed by atoms with van der Waals surface area (Å²) in [4.78, 5) is 11.7. The fraction of sp³-hybridized carbons (Fsp3) is 0.917. The number of carbonyl (C=O) groups excluding carboxylic acids is 1. The minimum atomic E-state index is -0.254. The molecule has 0 aromatic rings. The van der Waals surface area contributed by atoms with Crippen molar-refractivity contribution < 1.29 is 9.53 Å². The van der Waals surface area contributed by atoms with Gasteiger partial charge in [-0.1, -0.05) is 20.8 Å². The predicted octanol–water partition coefficient (Wildman–Crippen LogP) is 3.20. The van der Waals surface area contributed by atoms with Crippen LogP contribution in [0.25, 0.3) is 0 Å². The second-order valence-electron chi connectivity index (χ2n) is 5.92. The first-order chi connectivity index (χ1) is 6.02. The summed E-state index contributed by atoms with van der Waals surface area (Å²) in [5.41, 5.74) is -0.424. The van der Waals surface area contributed by atoms with Crippen LogP contribution in [0, 0.1) is 5.41 Å². The van der Waals surface area contributed by atoms with Crippen LogP contribution in [0.15, 0.2) is 0 Å². The van der Waals surface area contributed by atoms with E-state index in [2.05, 4.69) is 0 Å². The molecule has 0 heterocycles. The fourth-order valence-electron chi connectivity index (χ4n) is 1.21. The van der Waals surface area contributed by atoms with E-state index in [1.807, 2.05) is 48.5 Å². The van der Waals surface area contributed by atoms with Crippen molar-refractivity contribution in [2.24, 2.45) is 5.41 Å². The van der Waals surface area contributed by atoms with Gasteiger partial charge in [0.1, 0.15) is 5.78 Å². The van der Waals surface area contributed by atoms with Gasteiger partial charge >= 0.3 is 0 Å². The maximum atomic E-state index is 11.7. The van der Waals surface area contributed by atoms with Gasteiger partial charge < -0.3 is 4.74 Å². The highest BCUT2D eigenvalue weighted by molar-refractivity contribution is 5.83. The first kappa shape index (κ1) is 13.6. The summed E-state index contributed by atoms with van der Waals surface area (Å²) in [6.45, 7) is 13.8. The van der Waals surface area contributed by atoms with Gasteiger partial charge in [0.15, 0.2) is 0 Å². The van der Waals surface area contributed by atoms with Crippen LogP contribution in [0.3, 0.4) is 0 Å². The van der Waals surface area contributed by atoms with Crippen LogP contribution >= 0.6 is 0 Å². The second kappa shape index (κ2) is 4.43. The average Bonchev–Trinajstić information content (AvgIpc) is 1.79. The van der Waals surface area contributed by atoms with E-state index in [9.17, 15) is 4.79 Å². The van der Waals surface area contributed by atoms with E-state index in [4.69, 9.17) is 4.74 Å². The Balaban J connectivity index is 4.09. The van der Waals surface area contributed by atoms with E-state index in [1.54, 1.807) is 0 Å². The molecule has 0 bridgehead atoms. The number of hydrogen-bond donors (Lipinski definition) is 0. The van der Waals surface area contributed by atoms with Crippen molar-refractivity contribution in [3.8, 4) is 0 Å². The van der Waals surface area contributed by atoms with Gasteiger partial charge in [0.2, 0.25) is 0 Å². The van der Waals surface area contributed by atoms with E-state index in [1.165, 1.54) is 0 Å². The molecule has 0 aromatic carbocycles. The molecule has 0 fully saturated rings. The maximum Gasteiger partial charge on any atom is 0.140 e. The molecule has 1 unspecified atom stereocenters. The minimum Gasteiger partial charge on any atom is -0.372 e. The van der Waals surface area contributed by atoms with Gasteiger partial charge in [0.05, 0.1) is 11.7 Å². The maximum absolute atomic E-state index is 11.7. The molecule has 2 nitrogen and oxygen atoms in total. The molecule has 0 N–H and O–H groups in total. The Morgan fingerprint density at radius 2 is 1.57 bits per heavy atom. The van der Waals surface area contributed by atoms with Crippen LogP contribution in [0.5, 0.6) is 0 Å². The molecule has 0 aromatic heterocycles. The standard InChI is InChI=1S/C12H24O2/c1-9(14-12(5,6)7)8-10(13)11(2,3)4/h9H,8H2,1-7H3. The van der Waals surface area contributed by atoms with Crippen molar-refractivity contribution in [1.29, 1.82) is 0 Å². The second-order valence-corrected chi connectivity index (χ2v) is 5.92. The zero-order valence-electron chi connectivity index (χ0n) is 10.6. The summed E-state index contributed by atoms with van der Waals surface area (Å²) in [6, 6.07) is 0. The lowest BCUT2D eigenvalue weighted by Crippen LogP contribution is -2.30. The normalized spacial score (nSPS) is 15.4. The Morgan fingerprint density at radius 1 is 1.14 bits per heavy atom. The summed E-state index contributed by atoms with van der Waals surface area (Å²) in [5, 5.41) is 0. The predicted molar refractivity (Wildman–Crippen MR) is 59.4 cm³/mol. The lowest BCUT2D eigenvalue weighted by molar-refractivity contribution is -0.131. The molecule has 0 aliphatic rings. The Kier molecular flexibility index (Phi) is 4.32. The fourth-order valence-corrected chi connectivity index (χ4v) is 1.21. The highest BCUT2D eigenvalue weighted by Gasteiger charge is 2.25. The van der Waals surface area contributed by atoms with Gasteiger partial charge in [0, 0.05) is 11.8 Å². The Labute approximate surface area is 88.0 Å². The smallest absolute Gasteiger partial charge is 0.140 e. The monoisotopic (exact) mass is 200 g/mol. The number of hydrogen-bond acceptors (Lipinski definition) is 2. The van der Waals surface area contributed by atoms with Crippen molar-refractivity contribution in [1.82, 2.24) is 0 Å². The summed E-state index contributed by atoms with van der Waals surface area (Å²) >= 11 is 0. The molecule has 0 radical (unpaired) electrons. The van der Waals surface area contributed by atoms with Crippen molar-refractivity contribution in [3.63, 3.8) is 0 Å². The Hall–Kier alpha value is -0.370. The zero-order chi connectivity index (χ0) is 11.6. The van der Waals surface area contributed by atoms with Gasteiger partial charge in [-0.2, -0.15) is 0 Å². The molecular formula is C12H24O2. The number of Topliss-reactive ketones (excluding diaryl/α,β-unsaturated/α-hetero) is 1. The van der Waals surface area contributed by atoms with Crippen molar-refractivity contribution in [2.45, 2.75) is 66.6 Å². The van der Waals surface area contributed by atoms with Crippen molar-refractivity contribution >= 4 is 5.78 Å². The van der Waals surface area contributed by atoms with E-state index in [-0.39, 0.29) is 22.9 Å². The third-order valence-electron chi connectivity index (χ3n) is 1.86. The third-order valence-corrected chi connectivity index (χ3v) is 1.86. The van der Waals surface area contributed by atoms with Gasteiger partial charge in [-0.25, -0.2) is 0 Å². The quantitative estimate of drug-likeness (QED) is 0.699. The first-order valence-electron chi connectivity index (χ1n) is 5.23. The van der Waals surface area contributed by atoms with Gasteiger partial charge in [-0.05, 0) is 27.7 Å². The largest absolute Gasteiger partial charge is 0.372 e. The summed E-state index contributed by atoms with van der Waals surface area (Å²) in [5.74, 6) is 0.259. The topological polar surface area (TPSA) is 26.3 Å². The minimum absolute atomic E-state index is 0.00160. The van der Waals surface area contributed by atoms with Crippen LogP contribution in [0.2, 0.25) is 0 Å². The van der Waals surface area contributed by atoms with E-state index in [0.29, 0.717) is 6.42 Å². The molecule has 0 rings (SSSR count). The van der Waals surface area contributed by atoms with Crippen molar-refractivity contribution in [2.75, 3.05) is 0 Å². The van der Waals surface area contributed by atoms with Crippen LogP contribution < -0.4 is 0 Å². The summed E-state index contributed by atoms with van der Waals surface area (Å²) < 4.78 is 5.68. The number of carbonyl (C=O) groups is 1. The average molecular weight is 200 g/mol. The first-order valence-corrected chi connectivity index (χ1v) is 5.23. The highest BCUT2D eigenvalue weighted by Crippen LogP contribution is 2.20. The van der Waals surface area contributed by atoms with Crippen LogP contribution in [0.1, 0.15) is 54.9 Å². The van der Waals surface area contributed by atoms with Gasteiger partial charge in [-0.15, -0.1) is 0 Å². The molecule has 1 atom stereocenters. The highest BCUT2D eigenvalue weighted by atomic mass is 16.5. The molecule has 0 saturated heterocycles. The summed E-state index contributed by atoms with van der Waals surface area (Å²) in [7, 11) is 0. The molecule has 2 heteroatoms. The number of rotatable bonds is 3. The van der Waals surface area contributed by atoms with E-state index in [0.717, 1.165) is 0 Å². The SMILES string of the molecule is CC(CC(=O)C(C)(C)C)OC(C)(C)C. The molecule has 0 saturated carbocycles. The lowest BCUT2D eigenvalue weighted by Gasteiger charge is -2.26. The van der Waals surface area contributed by atoms with Gasteiger partial charge in [-0.3, -0.25) is 4.79 Å². The molecule has 14 heavy (non-hydrogen) atoms. The lowest BCUT2D eigenvalue weighted by atomic mass is 9.88. The van der Waals surface area contributed by atoms with Crippen LogP contribution in [-0.4, -0.2) is 17.5 Å². The Morgan fingerprint density at radius 3 is 1.86 bits per heavy atom. The van der Waals surface area contributed by atoms with Crippen LogP contribution in [0.4, 0.5) is 0 Å². The van der Waals surface area contributed by atoms with Crippen molar-refractivity contribution in [3.05, 3.63) is 0 Å². The molecule has 84 valence electrons. The molecule has 0 aliphatic carbocycles. The molecule has 0 aliphatic heterocycles. The molecular weight excluding hydrogens is 176 g/mol. The molecule has 0 amide bonds. The number of ether oxygens (including phenoxy) is 1. The third kappa shape index (κ3) is 6.14. The van der Waals surface area contributed by atoms with E-state index < -0.39 is 0 Å². The molecule has 0 spiro atoms. The van der Waals surface area contributed by atoms with Crippen LogP contribution in [-0.2, 0) is 9.53 Å². The zero-order valence-corrected chi connectivity index (χ0v) is 10.6. The van der Waals surface area contributed by atoms with E-state index >= 15 is 0 Å². The number of ketones is 1.